The number of rotatable bonds is 0. The molecule has 1 heterocycles. The minimum Gasteiger partial charge on any atom is -0.393 e. The molecule has 0 aromatic carbocycles. The summed E-state index contributed by atoms with van der Waals surface area (Å²) in [5.41, 5.74) is 0. The van der Waals surface area contributed by atoms with Crippen LogP contribution < -0.4 is 0 Å². The second-order valence-electron chi connectivity index (χ2n) is 2.33. The van der Waals surface area contributed by atoms with Crippen LogP contribution in [-0.4, -0.2) is 27.7 Å². The molecule has 1 rings (SSSR count). The van der Waals surface area contributed by atoms with Crippen LogP contribution in [-0.2, 0) is 4.74 Å². The van der Waals surface area contributed by atoms with Gasteiger partial charge < -0.3 is 4.74 Å². The zero-order valence-corrected chi connectivity index (χ0v) is 4.98. The van der Waals surface area contributed by atoms with Gasteiger partial charge in [0, 0.05) is 12.0 Å². The molecule has 0 spiro atoms. The zero-order valence-electron chi connectivity index (χ0n) is 4.98. The molecule has 0 radical (unpaired) electrons. The molecule has 1 aliphatic heterocycles. The molecule has 0 N–H and O–H groups in total. The molecule has 0 amide bonds. The molecule has 1 aliphatic rings. The van der Waals surface area contributed by atoms with E-state index in [1.165, 1.54) is 12.8 Å². The van der Waals surface area contributed by atoms with Gasteiger partial charge in [0.25, 0.3) is 0 Å². The van der Waals surface area contributed by atoms with Crippen LogP contribution in [0.15, 0.2) is 0 Å². The van der Waals surface area contributed by atoms with E-state index >= 15 is 0 Å². The Labute approximate surface area is 46.2 Å². The quantitative estimate of drug-likeness (QED) is 0.341. The van der Waals surface area contributed by atoms with Crippen molar-refractivity contribution in [2.45, 2.75) is 24.8 Å². The van der Waals surface area contributed by atoms with Crippen molar-refractivity contribution in [2.24, 2.45) is 0 Å². The van der Waals surface area contributed by atoms with Crippen LogP contribution in [0.3, 0.4) is 0 Å². The van der Waals surface area contributed by atoms with Gasteiger partial charge in [-0.2, -0.15) is 0 Å². The molecule has 2 atom stereocenters. The molecular weight excluding hydrogens is 85.7 g/mol. The van der Waals surface area contributed by atoms with Gasteiger partial charge in [0.15, 0.2) is 0 Å². The van der Waals surface area contributed by atoms with Crippen molar-refractivity contribution in [3.05, 3.63) is 0 Å². The van der Waals surface area contributed by atoms with Crippen molar-refractivity contribution in [3.8, 4) is 0 Å². The average molecular weight is 95.7 g/mol. The van der Waals surface area contributed by atoms with Gasteiger partial charge in [-0.25, -0.2) is 0 Å². The van der Waals surface area contributed by atoms with Crippen molar-refractivity contribution >= 4 is 15.7 Å². The number of hydrogen-bond donors (Lipinski definition) is 0. The third-order valence-electron chi connectivity index (χ3n) is 1.44. The van der Waals surface area contributed by atoms with Crippen LogP contribution in [0.4, 0.5) is 0 Å². The van der Waals surface area contributed by atoms with Gasteiger partial charge in [-0.05, 0) is 12.8 Å². The topological polar surface area (TPSA) is 9.23 Å². The van der Waals surface area contributed by atoms with Gasteiger partial charge in [-0.3, -0.25) is 0 Å². The molecule has 0 aliphatic carbocycles. The first-order valence-electron chi connectivity index (χ1n) is 2.94. The van der Waals surface area contributed by atoms with E-state index in [4.69, 9.17) is 4.74 Å². The van der Waals surface area contributed by atoms with Crippen LogP contribution in [0.25, 0.3) is 0 Å². The second kappa shape index (κ2) is 1.91. The van der Waals surface area contributed by atoms with Gasteiger partial charge in [0.05, 0.1) is 0 Å². The Morgan fingerprint density at radius 2 is 1.57 bits per heavy atom. The number of ether oxygens (including phenoxy) is 1. The molecule has 1 nitrogen and oxygen atoms in total. The molecule has 0 bridgehead atoms. The summed E-state index contributed by atoms with van der Waals surface area (Å²) >= 11 is 0. The highest BCUT2D eigenvalue weighted by atomic mass is 16.5. The molecule has 38 valence electrons. The van der Waals surface area contributed by atoms with E-state index in [2.05, 4.69) is 15.7 Å². The summed E-state index contributed by atoms with van der Waals surface area (Å²) < 4.78 is 5.36. The van der Waals surface area contributed by atoms with Crippen LogP contribution >= 0.6 is 0 Å². The van der Waals surface area contributed by atoms with Crippen molar-refractivity contribution in [2.75, 3.05) is 0 Å². The maximum absolute atomic E-state index is 5.36. The van der Waals surface area contributed by atoms with Crippen LogP contribution in [0, 0.1) is 0 Å². The normalized spacial score (nSPS) is 41.7. The van der Waals surface area contributed by atoms with E-state index in [-0.39, 0.29) is 0 Å². The molecule has 0 aromatic heterocycles. The van der Waals surface area contributed by atoms with Crippen molar-refractivity contribution < 1.29 is 4.74 Å². The molecule has 0 unspecified atom stereocenters. The fourth-order valence-corrected chi connectivity index (χ4v) is 1.00. The Kier molecular flexibility index (Phi) is 1.43. The Balaban J connectivity index is 2.26. The SMILES string of the molecule is B[C@@H]1CC[C@H](B)O1. The third kappa shape index (κ3) is 1.23. The lowest BCUT2D eigenvalue weighted by Crippen LogP contribution is -2.09. The van der Waals surface area contributed by atoms with E-state index in [0.29, 0.717) is 12.0 Å². The molecular formula is C4H10B2O. The van der Waals surface area contributed by atoms with Crippen LogP contribution in [0.5, 0.6) is 0 Å². The predicted molar refractivity (Wildman–Crippen MR) is 35.0 cm³/mol. The molecule has 0 aromatic rings. The fourth-order valence-electron chi connectivity index (χ4n) is 1.00. The first kappa shape index (κ1) is 5.23. The summed E-state index contributed by atoms with van der Waals surface area (Å²) in [6, 6.07) is 1.05. The van der Waals surface area contributed by atoms with Gasteiger partial charge >= 0.3 is 0 Å². The van der Waals surface area contributed by atoms with Gasteiger partial charge in [-0.15, -0.1) is 0 Å². The highest BCUT2D eigenvalue weighted by Crippen LogP contribution is 2.13. The van der Waals surface area contributed by atoms with E-state index in [0.717, 1.165) is 0 Å². The van der Waals surface area contributed by atoms with Crippen molar-refractivity contribution in [3.63, 3.8) is 0 Å². The summed E-state index contributed by atoms with van der Waals surface area (Å²) in [7, 11) is 4.26. The number of hydrogen-bond acceptors (Lipinski definition) is 1. The Bertz CT molecular complexity index is 58.7. The standard InChI is InChI=1S/C4H10B2O/c5-3-1-2-4(6)7-3/h3-4H,1-2,5-6H2/t3-,4+. The van der Waals surface area contributed by atoms with E-state index < -0.39 is 0 Å². The summed E-state index contributed by atoms with van der Waals surface area (Å²) in [4.78, 5) is 0. The Hall–Kier alpha value is 0.0899. The summed E-state index contributed by atoms with van der Waals surface area (Å²) in [6.45, 7) is 0. The minimum atomic E-state index is 0.523. The first-order chi connectivity index (χ1) is 3.29. The smallest absolute Gasteiger partial charge is 0.139 e. The van der Waals surface area contributed by atoms with Crippen molar-refractivity contribution in [1.82, 2.24) is 0 Å². The van der Waals surface area contributed by atoms with Crippen LogP contribution in [0.1, 0.15) is 12.8 Å². The molecule has 1 saturated heterocycles. The Morgan fingerprint density at radius 3 is 1.71 bits per heavy atom. The summed E-state index contributed by atoms with van der Waals surface area (Å²) in [5.74, 6) is 0. The second-order valence-corrected chi connectivity index (χ2v) is 2.33. The maximum atomic E-state index is 5.36. The van der Waals surface area contributed by atoms with Gasteiger partial charge in [0.2, 0.25) is 0 Å². The lowest BCUT2D eigenvalue weighted by Gasteiger charge is -2.01. The third-order valence-corrected chi connectivity index (χ3v) is 1.44. The highest BCUT2D eigenvalue weighted by molar-refractivity contribution is 6.14. The summed E-state index contributed by atoms with van der Waals surface area (Å²) in [6.07, 6.45) is 2.50. The van der Waals surface area contributed by atoms with Gasteiger partial charge in [0.1, 0.15) is 15.7 Å². The van der Waals surface area contributed by atoms with Crippen LogP contribution in [0.2, 0.25) is 0 Å². The molecule has 3 heteroatoms. The van der Waals surface area contributed by atoms with E-state index in [9.17, 15) is 0 Å². The molecule has 0 saturated carbocycles. The van der Waals surface area contributed by atoms with E-state index in [1.807, 2.05) is 0 Å². The Morgan fingerprint density at radius 1 is 1.14 bits per heavy atom. The molecule has 1 fully saturated rings. The van der Waals surface area contributed by atoms with E-state index in [1.54, 1.807) is 0 Å². The first-order valence-corrected chi connectivity index (χ1v) is 2.94. The van der Waals surface area contributed by atoms with Gasteiger partial charge in [-0.1, -0.05) is 0 Å². The average Bonchev–Trinajstić information content (AvgIpc) is 1.87. The highest BCUT2D eigenvalue weighted by Gasteiger charge is 2.15. The lowest BCUT2D eigenvalue weighted by atomic mass is 9.94. The predicted octanol–water partition coefficient (Wildman–Crippen LogP) is -1.28. The monoisotopic (exact) mass is 96.1 g/mol. The summed E-state index contributed by atoms with van der Waals surface area (Å²) in [5, 5.41) is 0. The lowest BCUT2D eigenvalue weighted by molar-refractivity contribution is 0.140. The maximum Gasteiger partial charge on any atom is 0.139 e. The molecule has 7 heavy (non-hydrogen) atoms. The largest absolute Gasteiger partial charge is 0.393 e. The minimum absolute atomic E-state index is 0.523. The fraction of sp³-hybridized carbons (Fsp3) is 1.00. The van der Waals surface area contributed by atoms with Crippen molar-refractivity contribution in [1.29, 1.82) is 0 Å². The zero-order chi connectivity index (χ0) is 5.28.